The van der Waals surface area contributed by atoms with Gasteiger partial charge in [-0.15, -0.1) is 0 Å². The van der Waals surface area contributed by atoms with Crippen LogP contribution in [0.5, 0.6) is 0 Å². The molecule has 1 aromatic rings. The van der Waals surface area contributed by atoms with E-state index in [1.807, 2.05) is 17.3 Å². The maximum atomic E-state index is 12.4. The van der Waals surface area contributed by atoms with E-state index in [0.717, 1.165) is 57.6 Å². The summed E-state index contributed by atoms with van der Waals surface area (Å²) in [4.78, 5) is 18.8. The Morgan fingerprint density at radius 1 is 1.45 bits per heavy atom. The second-order valence-corrected chi connectivity index (χ2v) is 5.69. The summed E-state index contributed by atoms with van der Waals surface area (Å²) in [6, 6.07) is 0.367. The van der Waals surface area contributed by atoms with Crippen LogP contribution in [0.3, 0.4) is 0 Å². The SMILES string of the molecule is CCc1nccn1[C@H]1CCCN(C(=O)[C@@H]2CCCO2)C1. The molecule has 3 rings (SSSR count). The summed E-state index contributed by atoms with van der Waals surface area (Å²) >= 11 is 0. The van der Waals surface area contributed by atoms with Crippen LogP contribution in [0.15, 0.2) is 12.4 Å². The minimum absolute atomic E-state index is 0.186. The van der Waals surface area contributed by atoms with Crippen molar-refractivity contribution in [1.82, 2.24) is 14.5 Å². The van der Waals surface area contributed by atoms with Gasteiger partial charge in [-0.1, -0.05) is 6.92 Å². The number of hydrogen-bond donors (Lipinski definition) is 0. The predicted octanol–water partition coefficient (Wildman–Crippen LogP) is 1.79. The number of aromatic nitrogens is 2. The van der Waals surface area contributed by atoms with Gasteiger partial charge in [-0.05, 0) is 25.7 Å². The minimum atomic E-state index is -0.192. The van der Waals surface area contributed by atoms with Gasteiger partial charge in [0, 0.05) is 38.5 Å². The lowest BCUT2D eigenvalue weighted by atomic mass is 10.0. The number of hydrogen-bond acceptors (Lipinski definition) is 3. The molecule has 1 amide bonds. The summed E-state index contributed by atoms with van der Waals surface area (Å²) in [6.07, 6.45) is 8.72. The molecule has 2 saturated heterocycles. The first-order chi connectivity index (χ1) is 9.79. The monoisotopic (exact) mass is 277 g/mol. The molecule has 2 atom stereocenters. The van der Waals surface area contributed by atoms with Crippen molar-refractivity contribution in [2.75, 3.05) is 19.7 Å². The van der Waals surface area contributed by atoms with Crippen LogP contribution in [0.1, 0.15) is 44.5 Å². The van der Waals surface area contributed by atoms with E-state index < -0.39 is 0 Å². The third-order valence-electron chi connectivity index (χ3n) is 4.37. The molecule has 0 radical (unpaired) electrons. The number of aryl methyl sites for hydroxylation is 1. The molecule has 0 aromatic carbocycles. The van der Waals surface area contributed by atoms with Crippen LogP contribution in [0.25, 0.3) is 0 Å². The number of amides is 1. The lowest BCUT2D eigenvalue weighted by Crippen LogP contribution is -2.45. The summed E-state index contributed by atoms with van der Waals surface area (Å²) in [7, 11) is 0. The molecule has 5 nitrogen and oxygen atoms in total. The number of imidazole rings is 1. The van der Waals surface area contributed by atoms with Crippen LogP contribution in [0.2, 0.25) is 0 Å². The topological polar surface area (TPSA) is 47.4 Å². The standard InChI is InChI=1S/C15H23N3O2/c1-2-14-16-7-9-18(14)12-5-3-8-17(11-12)15(19)13-6-4-10-20-13/h7,9,12-13H,2-6,8,10-11H2,1H3/t12-,13-/m0/s1. The van der Waals surface area contributed by atoms with Crippen molar-refractivity contribution in [2.24, 2.45) is 0 Å². The maximum Gasteiger partial charge on any atom is 0.251 e. The largest absolute Gasteiger partial charge is 0.368 e. The highest BCUT2D eigenvalue weighted by molar-refractivity contribution is 5.81. The lowest BCUT2D eigenvalue weighted by molar-refractivity contribution is -0.142. The summed E-state index contributed by atoms with van der Waals surface area (Å²) in [6.45, 7) is 4.51. The van der Waals surface area contributed by atoms with Crippen LogP contribution < -0.4 is 0 Å². The van der Waals surface area contributed by atoms with Crippen molar-refractivity contribution in [2.45, 2.75) is 51.2 Å². The number of carbonyl (C=O) groups excluding carboxylic acids is 1. The Hall–Kier alpha value is -1.36. The van der Waals surface area contributed by atoms with Gasteiger partial charge >= 0.3 is 0 Å². The number of likely N-dealkylation sites (tertiary alicyclic amines) is 1. The Kier molecular flexibility index (Phi) is 4.05. The van der Waals surface area contributed by atoms with Crippen LogP contribution in [-0.4, -0.2) is 46.2 Å². The predicted molar refractivity (Wildman–Crippen MR) is 75.4 cm³/mol. The smallest absolute Gasteiger partial charge is 0.251 e. The Morgan fingerprint density at radius 3 is 3.10 bits per heavy atom. The zero-order valence-electron chi connectivity index (χ0n) is 12.1. The molecule has 0 spiro atoms. The van der Waals surface area contributed by atoms with E-state index in [-0.39, 0.29) is 12.0 Å². The first-order valence-corrected chi connectivity index (χ1v) is 7.71. The fraction of sp³-hybridized carbons (Fsp3) is 0.733. The van der Waals surface area contributed by atoms with Gasteiger partial charge in [-0.3, -0.25) is 4.79 Å². The number of piperidine rings is 1. The highest BCUT2D eigenvalue weighted by Gasteiger charge is 2.32. The number of ether oxygens (including phenoxy) is 1. The van der Waals surface area contributed by atoms with Gasteiger partial charge in [0.25, 0.3) is 5.91 Å². The van der Waals surface area contributed by atoms with Gasteiger partial charge in [0.2, 0.25) is 0 Å². The first-order valence-electron chi connectivity index (χ1n) is 7.71. The molecule has 2 fully saturated rings. The highest BCUT2D eigenvalue weighted by Crippen LogP contribution is 2.25. The van der Waals surface area contributed by atoms with E-state index in [4.69, 9.17) is 4.74 Å². The van der Waals surface area contributed by atoms with Crippen molar-refractivity contribution >= 4 is 5.91 Å². The average Bonchev–Trinajstić information content (AvgIpc) is 3.17. The van der Waals surface area contributed by atoms with E-state index in [0.29, 0.717) is 6.04 Å². The Labute approximate surface area is 119 Å². The zero-order valence-corrected chi connectivity index (χ0v) is 12.1. The van der Waals surface area contributed by atoms with Crippen molar-refractivity contribution < 1.29 is 9.53 Å². The third-order valence-corrected chi connectivity index (χ3v) is 4.37. The Morgan fingerprint density at radius 2 is 2.35 bits per heavy atom. The quantitative estimate of drug-likeness (QED) is 0.846. The van der Waals surface area contributed by atoms with Crippen LogP contribution in [-0.2, 0) is 16.0 Å². The molecule has 5 heteroatoms. The first kappa shape index (κ1) is 13.6. The van der Waals surface area contributed by atoms with E-state index in [1.165, 1.54) is 0 Å². The summed E-state index contributed by atoms with van der Waals surface area (Å²) in [5.41, 5.74) is 0. The second-order valence-electron chi connectivity index (χ2n) is 5.69. The van der Waals surface area contributed by atoms with E-state index >= 15 is 0 Å². The molecule has 1 aromatic heterocycles. The molecule has 0 unspecified atom stereocenters. The molecular weight excluding hydrogens is 254 g/mol. The normalized spacial score (nSPS) is 26.9. The van der Waals surface area contributed by atoms with Gasteiger partial charge in [-0.2, -0.15) is 0 Å². The molecule has 0 N–H and O–H groups in total. The molecule has 20 heavy (non-hydrogen) atoms. The molecule has 0 bridgehead atoms. The highest BCUT2D eigenvalue weighted by atomic mass is 16.5. The van der Waals surface area contributed by atoms with Crippen LogP contribution in [0.4, 0.5) is 0 Å². The fourth-order valence-corrected chi connectivity index (χ4v) is 3.31. The van der Waals surface area contributed by atoms with Crippen molar-refractivity contribution in [3.8, 4) is 0 Å². The minimum Gasteiger partial charge on any atom is -0.368 e. The lowest BCUT2D eigenvalue weighted by Gasteiger charge is -2.35. The number of carbonyl (C=O) groups is 1. The molecule has 2 aliphatic rings. The van der Waals surface area contributed by atoms with Crippen molar-refractivity contribution in [3.05, 3.63) is 18.2 Å². The number of nitrogens with zero attached hydrogens (tertiary/aromatic N) is 3. The summed E-state index contributed by atoms with van der Waals surface area (Å²) < 4.78 is 7.77. The van der Waals surface area contributed by atoms with Crippen molar-refractivity contribution in [3.63, 3.8) is 0 Å². The van der Waals surface area contributed by atoms with E-state index in [1.54, 1.807) is 0 Å². The van der Waals surface area contributed by atoms with Gasteiger partial charge in [-0.25, -0.2) is 4.98 Å². The Balaban J connectivity index is 1.68. The van der Waals surface area contributed by atoms with Gasteiger partial charge in [0.1, 0.15) is 11.9 Å². The fourth-order valence-electron chi connectivity index (χ4n) is 3.31. The molecular formula is C15H23N3O2. The Bertz CT molecular complexity index is 465. The van der Waals surface area contributed by atoms with Crippen molar-refractivity contribution in [1.29, 1.82) is 0 Å². The second kappa shape index (κ2) is 5.95. The van der Waals surface area contributed by atoms with Gasteiger partial charge in [0.15, 0.2) is 0 Å². The van der Waals surface area contributed by atoms with Gasteiger partial charge in [0.05, 0.1) is 6.04 Å². The average molecular weight is 277 g/mol. The van der Waals surface area contributed by atoms with E-state index in [2.05, 4.69) is 16.5 Å². The molecule has 0 saturated carbocycles. The maximum absolute atomic E-state index is 12.4. The molecule has 3 heterocycles. The molecule has 2 aliphatic heterocycles. The molecule has 0 aliphatic carbocycles. The van der Waals surface area contributed by atoms with Crippen LogP contribution in [0, 0.1) is 0 Å². The number of rotatable bonds is 3. The zero-order chi connectivity index (χ0) is 13.9. The third kappa shape index (κ3) is 2.59. The summed E-state index contributed by atoms with van der Waals surface area (Å²) in [5.74, 6) is 1.30. The van der Waals surface area contributed by atoms with Crippen LogP contribution >= 0.6 is 0 Å². The van der Waals surface area contributed by atoms with E-state index in [9.17, 15) is 4.79 Å². The van der Waals surface area contributed by atoms with Gasteiger partial charge < -0.3 is 14.2 Å². The summed E-state index contributed by atoms with van der Waals surface area (Å²) in [5, 5.41) is 0. The molecule has 110 valence electrons.